The highest BCUT2D eigenvalue weighted by Gasteiger charge is 2.27. The second-order valence-electron chi connectivity index (χ2n) is 9.60. The topological polar surface area (TPSA) is 84.9 Å². The molecule has 0 saturated carbocycles. The first-order valence-electron chi connectivity index (χ1n) is 13.4. The molecule has 2 rings (SSSR count). The molecule has 202 valence electrons. The zero-order valence-corrected chi connectivity index (χ0v) is 22.3. The molecule has 6 heteroatoms. The molecular weight excluding hydrogens is 466 g/mol. The van der Waals surface area contributed by atoms with Crippen molar-refractivity contribution in [3.63, 3.8) is 0 Å². The molecule has 2 N–H and O–H groups in total. The molecule has 1 amide bonds. The summed E-state index contributed by atoms with van der Waals surface area (Å²) in [6.45, 7) is 8.13. The number of carbonyl (C=O) groups excluding carboxylic acids is 2. The van der Waals surface area contributed by atoms with Crippen LogP contribution in [0.3, 0.4) is 0 Å². The number of unbranched alkanes of at least 4 members (excludes halogenated alkanes) is 4. The maximum Gasteiger partial charge on any atom is 0.407 e. The number of aliphatic hydroxyl groups is 1. The Balaban J connectivity index is 1.97. The molecule has 2 aromatic rings. The van der Waals surface area contributed by atoms with Gasteiger partial charge in [0.2, 0.25) is 0 Å². The Labute approximate surface area is 222 Å². The summed E-state index contributed by atoms with van der Waals surface area (Å²) in [5, 5.41) is 13.7. The quantitative estimate of drug-likeness (QED) is 0.147. The van der Waals surface area contributed by atoms with Crippen LogP contribution in [-0.4, -0.2) is 35.4 Å². The predicted octanol–water partition coefficient (Wildman–Crippen LogP) is 6.37. The van der Waals surface area contributed by atoms with Crippen LogP contribution in [0.1, 0.15) is 69.9 Å². The largest absolute Gasteiger partial charge is 0.462 e. The van der Waals surface area contributed by atoms with Crippen LogP contribution in [0.4, 0.5) is 4.79 Å². The fourth-order valence-electron chi connectivity index (χ4n) is 4.13. The maximum absolute atomic E-state index is 12.8. The lowest BCUT2D eigenvalue weighted by molar-refractivity contribution is -0.153. The van der Waals surface area contributed by atoms with Crippen LogP contribution in [0.15, 0.2) is 73.3 Å². The van der Waals surface area contributed by atoms with Gasteiger partial charge in [0.1, 0.15) is 12.7 Å². The Morgan fingerprint density at radius 2 is 1.59 bits per heavy atom. The van der Waals surface area contributed by atoms with Crippen molar-refractivity contribution in [3.8, 4) is 0 Å². The van der Waals surface area contributed by atoms with Crippen molar-refractivity contribution in [1.29, 1.82) is 0 Å². The second kappa shape index (κ2) is 17.4. The van der Waals surface area contributed by atoms with Crippen molar-refractivity contribution < 1.29 is 24.2 Å². The number of amides is 1. The highest BCUT2D eigenvalue weighted by Crippen LogP contribution is 2.19. The highest BCUT2D eigenvalue weighted by molar-refractivity contribution is 5.71. The van der Waals surface area contributed by atoms with Crippen molar-refractivity contribution in [2.75, 3.05) is 0 Å². The summed E-state index contributed by atoms with van der Waals surface area (Å²) < 4.78 is 11.1. The summed E-state index contributed by atoms with van der Waals surface area (Å²) in [5.41, 5.74) is 1.78. The molecule has 0 aliphatic heterocycles. The van der Waals surface area contributed by atoms with Crippen molar-refractivity contribution in [2.24, 2.45) is 5.92 Å². The number of alkyl carbamates (subject to hydrolysis) is 1. The smallest absolute Gasteiger partial charge is 0.407 e. The number of benzene rings is 2. The predicted molar refractivity (Wildman–Crippen MR) is 147 cm³/mol. The lowest BCUT2D eigenvalue weighted by atomic mass is 9.97. The Bertz CT molecular complexity index is 918. The molecular formula is C31H43NO5. The molecule has 0 aliphatic rings. The molecule has 6 nitrogen and oxygen atoms in total. The summed E-state index contributed by atoms with van der Waals surface area (Å²) in [6, 6.07) is 18.1. The molecule has 4 atom stereocenters. The molecule has 0 bridgehead atoms. The van der Waals surface area contributed by atoms with Gasteiger partial charge < -0.3 is 19.9 Å². The van der Waals surface area contributed by atoms with Crippen LogP contribution < -0.4 is 5.32 Å². The summed E-state index contributed by atoms with van der Waals surface area (Å²) in [4.78, 5) is 25.3. The SMILES string of the molecule is C=C[C@@H](C)[C@@H](CCCCCCC)OC(=O)C[C@@H](O)[C@H](Cc1ccccc1)NC(=O)OCc1ccccc1. The van der Waals surface area contributed by atoms with Crippen LogP contribution in [-0.2, 0) is 27.3 Å². The Kier molecular flexibility index (Phi) is 14.1. The van der Waals surface area contributed by atoms with E-state index in [1.807, 2.05) is 67.6 Å². The van der Waals surface area contributed by atoms with Gasteiger partial charge in [0.25, 0.3) is 0 Å². The van der Waals surface area contributed by atoms with Crippen LogP contribution in [0, 0.1) is 5.92 Å². The molecule has 0 heterocycles. The maximum atomic E-state index is 12.8. The third-order valence-electron chi connectivity index (χ3n) is 6.49. The number of aliphatic hydroxyl groups excluding tert-OH is 1. The second-order valence-corrected chi connectivity index (χ2v) is 9.60. The van der Waals surface area contributed by atoms with E-state index in [-0.39, 0.29) is 25.0 Å². The third-order valence-corrected chi connectivity index (χ3v) is 6.49. The first-order valence-corrected chi connectivity index (χ1v) is 13.4. The third kappa shape index (κ3) is 12.1. The summed E-state index contributed by atoms with van der Waals surface area (Å²) in [5.74, 6) is -0.476. The number of nitrogens with one attached hydrogen (secondary N) is 1. The molecule has 0 aromatic heterocycles. The zero-order chi connectivity index (χ0) is 26.9. The zero-order valence-electron chi connectivity index (χ0n) is 22.3. The number of carbonyl (C=O) groups is 2. The lowest BCUT2D eigenvalue weighted by Crippen LogP contribution is -2.46. The van der Waals surface area contributed by atoms with Gasteiger partial charge in [-0.05, 0) is 30.4 Å². The average molecular weight is 510 g/mol. The lowest BCUT2D eigenvalue weighted by Gasteiger charge is -2.26. The van der Waals surface area contributed by atoms with Crippen LogP contribution >= 0.6 is 0 Å². The summed E-state index contributed by atoms with van der Waals surface area (Å²) >= 11 is 0. The molecule has 0 spiro atoms. The number of esters is 1. The number of hydrogen-bond donors (Lipinski definition) is 2. The van der Waals surface area contributed by atoms with E-state index in [1.54, 1.807) is 6.08 Å². The van der Waals surface area contributed by atoms with Crippen LogP contribution in [0.25, 0.3) is 0 Å². The Morgan fingerprint density at radius 3 is 2.22 bits per heavy atom. The number of rotatable bonds is 17. The van der Waals surface area contributed by atoms with Gasteiger partial charge in [0.15, 0.2) is 0 Å². The normalized spacial score (nSPS) is 14.1. The molecule has 0 aliphatic carbocycles. The fraction of sp³-hybridized carbons (Fsp3) is 0.484. The molecule has 0 fully saturated rings. The van der Waals surface area contributed by atoms with Gasteiger partial charge >= 0.3 is 12.1 Å². The fourth-order valence-corrected chi connectivity index (χ4v) is 4.13. The standard InChI is InChI=1S/C31H43NO5/c1-4-6-7-8-15-20-29(24(3)5-2)37-30(34)22-28(33)27(21-25-16-11-9-12-17-25)32-31(35)36-23-26-18-13-10-14-19-26/h5,9-14,16-19,24,27-29,33H,2,4,6-8,15,20-23H2,1,3H3,(H,32,35)/t24-,27+,28-,29-/m1/s1. The monoisotopic (exact) mass is 509 g/mol. The van der Waals surface area contributed by atoms with Crippen LogP contribution in [0.2, 0.25) is 0 Å². The van der Waals surface area contributed by atoms with Gasteiger partial charge in [-0.2, -0.15) is 0 Å². The molecule has 37 heavy (non-hydrogen) atoms. The van der Waals surface area contributed by atoms with Gasteiger partial charge in [0.05, 0.1) is 18.6 Å². The Hall–Kier alpha value is -3.12. The minimum Gasteiger partial charge on any atom is -0.462 e. The summed E-state index contributed by atoms with van der Waals surface area (Å²) in [6.07, 6.45) is 6.23. The van der Waals surface area contributed by atoms with Gasteiger partial charge in [-0.15, -0.1) is 6.58 Å². The van der Waals surface area contributed by atoms with E-state index in [4.69, 9.17) is 9.47 Å². The number of hydrogen-bond acceptors (Lipinski definition) is 5. The number of ether oxygens (including phenoxy) is 2. The van der Waals surface area contributed by atoms with E-state index >= 15 is 0 Å². The van der Waals surface area contributed by atoms with Crippen molar-refractivity contribution in [2.45, 2.75) is 90.1 Å². The minimum atomic E-state index is -1.14. The van der Waals surface area contributed by atoms with Gasteiger partial charge in [-0.1, -0.05) is 106 Å². The molecule has 2 aromatic carbocycles. The van der Waals surface area contributed by atoms with E-state index in [9.17, 15) is 14.7 Å². The van der Waals surface area contributed by atoms with Crippen molar-refractivity contribution in [1.82, 2.24) is 5.32 Å². The van der Waals surface area contributed by atoms with E-state index in [0.29, 0.717) is 6.42 Å². The first-order chi connectivity index (χ1) is 17.9. The first kappa shape index (κ1) is 30.1. The van der Waals surface area contributed by atoms with Gasteiger partial charge in [-0.3, -0.25) is 4.79 Å². The Morgan fingerprint density at radius 1 is 0.973 bits per heavy atom. The van der Waals surface area contributed by atoms with Crippen molar-refractivity contribution >= 4 is 12.1 Å². The highest BCUT2D eigenvalue weighted by atomic mass is 16.6. The van der Waals surface area contributed by atoms with Gasteiger partial charge in [0, 0.05) is 5.92 Å². The molecule has 0 saturated heterocycles. The van der Waals surface area contributed by atoms with E-state index in [0.717, 1.165) is 30.4 Å². The summed E-state index contributed by atoms with van der Waals surface area (Å²) in [7, 11) is 0. The van der Waals surface area contributed by atoms with Crippen LogP contribution in [0.5, 0.6) is 0 Å². The average Bonchev–Trinajstić information content (AvgIpc) is 2.91. The van der Waals surface area contributed by atoms with Crippen molar-refractivity contribution in [3.05, 3.63) is 84.4 Å². The van der Waals surface area contributed by atoms with E-state index < -0.39 is 24.2 Å². The molecule has 0 radical (unpaired) electrons. The van der Waals surface area contributed by atoms with E-state index in [1.165, 1.54) is 19.3 Å². The minimum absolute atomic E-state index is 0.0125. The van der Waals surface area contributed by atoms with E-state index in [2.05, 4.69) is 18.8 Å². The van der Waals surface area contributed by atoms with Gasteiger partial charge in [-0.25, -0.2) is 4.79 Å². The molecule has 0 unspecified atom stereocenters.